The molecular weight excluding hydrogens is 274 g/mol. The van der Waals surface area contributed by atoms with Crippen molar-refractivity contribution < 1.29 is 13.2 Å². The largest absolute Gasteiger partial charge is 0.348 e. The maximum absolute atomic E-state index is 11.5. The molecule has 0 aliphatic carbocycles. The van der Waals surface area contributed by atoms with E-state index in [0.717, 1.165) is 5.17 Å². The molecule has 2 unspecified atom stereocenters. The van der Waals surface area contributed by atoms with Crippen LogP contribution in [0.1, 0.15) is 0 Å². The number of amidine groups is 1. The van der Waals surface area contributed by atoms with E-state index >= 15 is 0 Å². The molecule has 1 amide bonds. The lowest BCUT2D eigenvalue weighted by atomic mass is 10.2. The van der Waals surface area contributed by atoms with Crippen LogP contribution in [0.4, 0.5) is 0 Å². The molecule has 18 heavy (non-hydrogen) atoms. The third-order valence-electron chi connectivity index (χ3n) is 3.19. The van der Waals surface area contributed by atoms with Crippen molar-refractivity contribution in [1.82, 2.24) is 9.80 Å². The van der Waals surface area contributed by atoms with Gasteiger partial charge in [-0.2, -0.15) is 0 Å². The summed E-state index contributed by atoms with van der Waals surface area (Å²) in [4.78, 5) is 19.3. The van der Waals surface area contributed by atoms with E-state index in [-0.39, 0.29) is 29.5 Å². The first-order valence-corrected chi connectivity index (χ1v) is 8.45. The van der Waals surface area contributed by atoms with E-state index in [1.807, 2.05) is 11.9 Å². The van der Waals surface area contributed by atoms with E-state index in [2.05, 4.69) is 4.99 Å². The van der Waals surface area contributed by atoms with Crippen LogP contribution < -0.4 is 0 Å². The van der Waals surface area contributed by atoms with E-state index in [9.17, 15) is 13.2 Å². The van der Waals surface area contributed by atoms with Gasteiger partial charge in [-0.3, -0.25) is 9.79 Å². The zero-order valence-corrected chi connectivity index (χ0v) is 12.3. The minimum absolute atomic E-state index is 0.0285. The molecule has 2 heterocycles. The number of thioether (sulfide) groups is 1. The zero-order chi connectivity index (χ0) is 13.5. The number of nitrogens with zero attached hydrogens (tertiary/aromatic N) is 3. The van der Waals surface area contributed by atoms with Gasteiger partial charge < -0.3 is 9.80 Å². The number of hydrogen-bond acceptors (Lipinski definition) is 6. The normalized spacial score (nSPS) is 29.1. The second-order valence-corrected chi connectivity index (χ2v) is 7.91. The molecule has 0 spiro atoms. The van der Waals surface area contributed by atoms with E-state index < -0.39 is 9.84 Å². The Morgan fingerprint density at radius 3 is 2.72 bits per heavy atom. The summed E-state index contributed by atoms with van der Waals surface area (Å²) in [6.45, 7) is 0. The van der Waals surface area contributed by atoms with E-state index in [1.54, 1.807) is 14.1 Å². The second-order valence-electron chi connectivity index (χ2n) is 4.81. The first kappa shape index (κ1) is 13.7. The summed E-state index contributed by atoms with van der Waals surface area (Å²) in [6.07, 6.45) is 0. The van der Waals surface area contributed by atoms with Gasteiger partial charge in [0.25, 0.3) is 0 Å². The van der Waals surface area contributed by atoms with Crippen LogP contribution in [0.2, 0.25) is 0 Å². The molecule has 2 aliphatic heterocycles. The average Bonchev–Trinajstić information content (AvgIpc) is 2.70. The first-order chi connectivity index (χ1) is 8.30. The molecule has 0 aromatic rings. The summed E-state index contributed by atoms with van der Waals surface area (Å²) in [5.41, 5.74) is 0. The number of carbonyl (C=O) groups is 1. The first-order valence-electron chi connectivity index (χ1n) is 5.64. The van der Waals surface area contributed by atoms with Gasteiger partial charge in [-0.25, -0.2) is 8.42 Å². The van der Waals surface area contributed by atoms with E-state index in [0.29, 0.717) is 5.75 Å². The Morgan fingerprint density at radius 2 is 2.17 bits per heavy atom. The molecule has 1 fully saturated rings. The van der Waals surface area contributed by atoms with Crippen molar-refractivity contribution in [2.45, 2.75) is 12.1 Å². The third-order valence-corrected chi connectivity index (χ3v) is 5.93. The summed E-state index contributed by atoms with van der Waals surface area (Å²) in [7, 11) is 2.33. The lowest BCUT2D eigenvalue weighted by Gasteiger charge is -2.20. The van der Waals surface area contributed by atoms with Crippen LogP contribution in [-0.4, -0.2) is 79.8 Å². The lowest BCUT2D eigenvalue weighted by Crippen LogP contribution is -2.36. The number of likely N-dealkylation sites (N-methyl/N-ethyl adjacent to an activating group) is 1. The number of sulfone groups is 1. The molecule has 0 bridgehead atoms. The van der Waals surface area contributed by atoms with Crippen LogP contribution in [0.15, 0.2) is 4.99 Å². The van der Waals surface area contributed by atoms with E-state index in [4.69, 9.17) is 0 Å². The van der Waals surface area contributed by atoms with Gasteiger partial charge in [0.15, 0.2) is 15.0 Å². The van der Waals surface area contributed by atoms with Crippen molar-refractivity contribution in [3.8, 4) is 0 Å². The Kier molecular flexibility index (Phi) is 3.59. The van der Waals surface area contributed by atoms with Gasteiger partial charge in [0.1, 0.15) is 0 Å². The molecule has 0 N–H and O–H groups in total. The van der Waals surface area contributed by atoms with Crippen molar-refractivity contribution in [2.75, 3.05) is 38.4 Å². The number of carbonyl (C=O) groups excluding carboxylic acids is 1. The summed E-state index contributed by atoms with van der Waals surface area (Å²) >= 11 is 1.38. The lowest BCUT2D eigenvalue weighted by molar-refractivity contribution is -0.125. The van der Waals surface area contributed by atoms with Crippen LogP contribution >= 0.6 is 11.8 Å². The van der Waals surface area contributed by atoms with Crippen molar-refractivity contribution in [3.63, 3.8) is 0 Å². The van der Waals surface area contributed by atoms with Crippen LogP contribution in [0.5, 0.6) is 0 Å². The molecule has 0 saturated carbocycles. The quantitative estimate of drug-likeness (QED) is 0.671. The third kappa shape index (κ3) is 2.64. The van der Waals surface area contributed by atoms with Gasteiger partial charge in [-0.05, 0) is 0 Å². The molecule has 1 saturated heterocycles. The molecule has 2 aliphatic rings. The van der Waals surface area contributed by atoms with Gasteiger partial charge >= 0.3 is 0 Å². The highest BCUT2D eigenvalue weighted by Gasteiger charge is 2.45. The molecule has 2 rings (SSSR count). The van der Waals surface area contributed by atoms with Gasteiger partial charge in [-0.1, -0.05) is 11.8 Å². The maximum Gasteiger partial charge on any atom is 0.232 e. The van der Waals surface area contributed by atoms with Gasteiger partial charge in [-0.15, -0.1) is 0 Å². The fourth-order valence-corrected chi connectivity index (χ4v) is 5.05. The monoisotopic (exact) mass is 291 g/mol. The Balaban J connectivity index is 1.99. The van der Waals surface area contributed by atoms with Crippen LogP contribution in [-0.2, 0) is 14.6 Å². The number of hydrogen-bond donors (Lipinski definition) is 0. The number of aliphatic imine (C=N–C) groups is 1. The van der Waals surface area contributed by atoms with Crippen molar-refractivity contribution in [1.29, 1.82) is 0 Å². The number of amides is 1. The zero-order valence-electron chi connectivity index (χ0n) is 10.7. The molecule has 102 valence electrons. The molecule has 0 aromatic heterocycles. The summed E-state index contributed by atoms with van der Waals surface area (Å²) < 4.78 is 23.0. The Morgan fingerprint density at radius 1 is 1.50 bits per heavy atom. The SMILES string of the molecule is CN(C)C(=O)CSC1=NC2CS(=O)(=O)CC2N1C. The fraction of sp³-hybridized carbons (Fsp3) is 0.800. The highest BCUT2D eigenvalue weighted by molar-refractivity contribution is 8.14. The number of rotatable bonds is 2. The molecule has 2 atom stereocenters. The highest BCUT2D eigenvalue weighted by atomic mass is 32.2. The summed E-state index contributed by atoms with van der Waals surface area (Å²) in [6, 6.07) is -0.205. The summed E-state index contributed by atoms with van der Waals surface area (Å²) in [5, 5.41) is 0.773. The van der Waals surface area contributed by atoms with Crippen LogP contribution in [0, 0.1) is 0 Å². The Bertz CT molecular complexity index is 487. The highest BCUT2D eigenvalue weighted by Crippen LogP contribution is 2.29. The standard InChI is InChI=1S/C10H17N3O3S2/c1-12(2)9(14)4-17-10-11-7-5-18(15,16)6-8(7)13(10)3/h7-8H,4-6H2,1-3H3. The Labute approximate surface area is 111 Å². The van der Waals surface area contributed by atoms with Gasteiger partial charge in [0, 0.05) is 21.1 Å². The van der Waals surface area contributed by atoms with Gasteiger partial charge in [0.2, 0.25) is 5.91 Å². The molecule has 8 heteroatoms. The van der Waals surface area contributed by atoms with Crippen molar-refractivity contribution >= 4 is 32.7 Å². The fourth-order valence-electron chi connectivity index (χ4n) is 2.07. The predicted molar refractivity (Wildman–Crippen MR) is 72.6 cm³/mol. The average molecular weight is 291 g/mol. The molecule has 0 aromatic carbocycles. The summed E-state index contributed by atoms with van der Waals surface area (Å²) in [5.74, 6) is 0.667. The van der Waals surface area contributed by atoms with Crippen molar-refractivity contribution in [2.24, 2.45) is 4.99 Å². The van der Waals surface area contributed by atoms with Crippen LogP contribution in [0.25, 0.3) is 0 Å². The minimum atomic E-state index is -2.94. The van der Waals surface area contributed by atoms with Crippen LogP contribution in [0.3, 0.4) is 0 Å². The minimum Gasteiger partial charge on any atom is -0.348 e. The second kappa shape index (κ2) is 4.73. The topological polar surface area (TPSA) is 70.0 Å². The Hall–Kier alpha value is -0.760. The molecular formula is C10H17N3O3S2. The smallest absolute Gasteiger partial charge is 0.232 e. The van der Waals surface area contributed by atoms with E-state index in [1.165, 1.54) is 16.7 Å². The van der Waals surface area contributed by atoms with Crippen molar-refractivity contribution in [3.05, 3.63) is 0 Å². The predicted octanol–water partition coefficient (Wildman–Crippen LogP) is -0.725. The molecule has 6 nitrogen and oxygen atoms in total. The maximum atomic E-state index is 11.5. The molecule has 0 radical (unpaired) electrons. The number of fused-ring (bicyclic) bond motifs is 1. The van der Waals surface area contributed by atoms with Gasteiger partial charge in [0.05, 0.1) is 29.3 Å².